The van der Waals surface area contributed by atoms with Crippen LogP contribution >= 0.6 is 0 Å². The molecule has 0 spiro atoms. The van der Waals surface area contributed by atoms with Gasteiger partial charge in [0.15, 0.2) is 0 Å². The molecule has 0 saturated carbocycles. The molecule has 0 aromatic heterocycles. The summed E-state index contributed by atoms with van der Waals surface area (Å²) in [5.74, 6) is 0.156. The van der Waals surface area contributed by atoms with Crippen molar-refractivity contribution in [1.82, 2.24) is 5.32 Å². The molecule has 3 N–H and O–H groups in total. The minimum atomic E-state index is 0.156. The molecule has 0 heterocycles. The highest BCUT2D eigenvalue weighted by molar-refractivity contribution is 5.76. The van der Waals surface area contributed by atoms with Crippen LogP contribution in [0.15, 0.2) is 0 Å². The Morgan fingerprint density at radius 1 is 1.20 bits per heavy atom. The molecule has 0 aliphatic heterocycles. The summed E-state index contributed by atoms with van der Waals surface area (Å²) in [6.07, 6.45) is 7.52. The molecule has 15 heavy (non-hydrogen) atoms. The molecule has 0 fully saturated rings. The van der Waals surface area contributed by atoms with Gasteiger partial charge in [0.25, 0.3) is 0 Å². The van der Waals surface area contributed by atoms with Crippen LogP contribution in [0.3, 0.4) is 0 Å². The third-order valence-corrected chi connectivity index (χ3v) is 2.65. The number of carbonyl (C=O) groups is 1. The van der Waals surface area contributed by atoms with Crippen molar-refractivity contribution < 1.29 is 4.79 Å². The molecule has 0 aromatic carbocycles. The van der Waals surface area contributed by atoms with Crippen molar-refractivity contribution in [3.8, 4) is 0 Å². The molecule has 0 rings (SSSR count). The van der Waals surface area contributed by atoms with Gasteiger partial charge in [-0.2, -0.15) is 0 Å². The zero-order valence-corrected chi connectivity index (χ0v) is 10.2. The van der Waals surface area contributed by atoms with Crippen LogP contribution in [-0.2, 0) is 4.79 Å². The lowest BCUT2D eigenvalue weighted by molar-refractivity contribution is -0.121. The Kier molecular flexibility index (Phi) is 9.59. The van der Waals surface area contributed by atoms with Crippen molar-refractivity contribution in [1.29, 1.82) is 0 Å². The van der Waals surface area contributed by atoms with Crippen molar-refractivity contribution in [2.75, 3.05) is 6.54 Å². The van der Waals surface area contributed by atoms with Gasteiger partial charge in [0, 0.05) is 19.0 Å². The van der Waals surface area contributed by atoms with E-state index in [1.165, 1.54) is 25.7 Å². The van der Waals surface area contributed by atoms with Crippen LogP contribution in [0.2, 0.25) is 0 Å². The average Bonchev–Trinajstić information content (AvgIpc) is 2.25. The average molecular weight is 214 g/mol. The molecule has 1 amide bonds. The second-order valence-electron chi connectivity index (χ2n) is 4.07. The van der Waals surface area contributed by atoms with Gasteiger partial charge in [-0.1, -0.05) is 39.5 Å². The summed E-state index contributed by atoms with van der Waals surface area (Å²) in [5.41, 5.74) is 5.51. The largest absolute Gasteiger partial charge is 0.352 e. The van der Waals surface area contributed by atoms with Gasteiger partial charge in [0.1, 0.15) is 0 Å². The maximum Gasteiger partial charge on any atom is 0.220 e. The van der Waals surface area contributed by atoms with Crippen molar-refractivity contribution in [3.63, 3.8) is 0 Å². The fraction of sp³-hybridized carbons (Fsp3) is 0.917. The van der Waals surface area contributed by atoms with Crippen LogP contribution < -0.4 is 11.1 Å². The van der Waals surface area contributed by atoms with Gasteiger partial charge in [0.2, 0.25) is 5.91 Å². The molecule has 1 atom stereocenters. The first-order valence-corrected chi connectivity index (χ1v) is 6.24. The Balaban J connectivity index is 3.40. The number of rotatable bonds is 9. The lowest BCUT2D eigenvalue weighted by Gasteiger charge is -2.14. The molecule has 1 unspecified atom stereocenters. The fourth-order valence-corrected chi connectivity index (χ4v) is 1.52. The molecule has 0 aliphatic rings. The van der Waals surface area contributed by atoms with Gasteiger partial charge in [-0.3, -0.25) is 4.79 Å². The van der Waals surface area contributed by atoms with Crippen LogP contribution in [0.1, 0.15) is 58.8 Å². The van der Waals surface area contributed by atoms with Crippen molar-refractivity contribution >= 4 is 5.91 Å². The van der Waals surface area contributed by atoms with E-state index in [9.17, 15) is 4.79 Å². The SMILES string of the molecule is CCCCCCCC(=O)NC(CC)CN. The van der Waals surface area contributed by atoms with E-state index in [0.717, 1.165) is 12.8 Å². The maximum atomic E-state index is 11.4. The van der Waals surface area contributed by atoms with Crippen LogP contribution in [0.4, 0.5) is 0 Å². The van der Waals surface area contributed by atoms with Crippen molar-refractivity contribution in [3.05, 3.63) is 0 Å². The Hall–Kier alpha value is -0.570. The third kappa shape index (κ3) is 8.43. The Morgan fingerprint density at radius 2 is 1.87 bits per heavy atom. The van der Waals surface area contributed by atoms with Gasteiger partial charge in [-0.05, 0) is 12.8 Å². The van der Waals surface area contributed by atoms with E-state index in [2.05, 4.69) is 12.2 Å². The normalized spacial score (nSPS) is 12.5. The van der Waals surface area contributed by atoms with Gasteiger partial charge < -0.3 is 11.1 Å². The Morgan fingerprint density at radius 3 is 2.40 bits per heavy atom. The maximum absolute atomic E-state index is 11.4. The summed E-state index contributed by atoms with van der Waals surface area (Å²) in [5, 5.41) is 2.94. The zero-order valence-electron chi connectivity index (χ0n) is 10.2. The second-order valence-corrected chi connectivity index (χ2v) is 4.07. The molecular weight excluding hydrogens is 188 g/mol. The number of nitrogens with two attached hydrogens (primary N) is 1. The first kappa shape index (κ1) is 14.4. The fourth-order valence-electron chi connectivity index (χ4n) is 1.52. The monoisotopic (exact) mass is 214 g/mol. The number of amides is 1. The Labute approximate surface area is 93.8 Å². The van der Waals surface area contributed by atoms with Crippen LogP contribution in [-0.4, -0.2) is 18.5 Å². The van der Waals surface area contributed by atoms with E-state index >= 15 is 0 Å². The predicted octanol–water partition coefficient (Wildman–Crippen LogP) is 2.20. The Bertz CT molecular complexity index is 156. The van der Waals surface area contributed by atoms with Crippen LogP contribution in [0.25, 0.3) is 0 Å². The first-order valence-electron chi connectivity index (χ1n) is 6.24. The third-order valence-electron chi connectivity index (χ3n) is 2.65. The standard InChI is InChI=1S/C12H26N2O/c1-3-5-6-7-8-9-12(15)14-11(4-2)10-13/h11H,3-10,13H2,1-2H3,(H,14,15). The molecule has 90 valence electrons. The lowest BCUT2D eigenvalue weighted by Crippen LogP contribution is -2.39. The minimum absolute atomic E-state index is 0.156. The minimum Gasteiger partial charge on any atom is -0.352 e. The second kappa shape index (κ2) is 9.97. The summed E-state index contributed by atoms with van der Waals surface area (Å²) in [6, 6.07) is 0.160. The highest BCUT2D eigenvalue weighted by atomic mass is 16.1. The lowest BCUT2D eigenvalue weighted by atomic mass is 10.1. The van der Waals surface area contributed by atoms with Gasteiger partial charge in [-0.15, -0.1) is 0 Å². The molecule has 0 bridgehead atoms. The highest BCUT2D eigenvalue weighted by Gasteiger charge is 2.07. The topological polar surface area (TPSA) is 55.1 Å². The van der Waals surface area contributed by atoms with E-state index < -0.39 is 0 Å². The van der Waals surface area contributed by atoms with E-state index in [0.29, 0.717) is 13.0 Å². The van der Waals surface area contributed by atoms with Gasteiger partial charge >= 0.3 is 0 Å². The first-order chi connectivity index (χ1) is 7.24. The van der Waals surface area contributed by atoms with E-state index in [1.54, 1.807) is 0 Å². The van der Waals surface area contributed by atoms with Crippen LogP contribution in [0, 0.1) is 0 Å². The van der Waals surface area contributed by atoms with E-state index in [-0.39, 0.29) is 11.9 Å². The molecule has 3 nitrogen and oxygen atoms in total. The number of hydrogen-bond acceptors (Lipinski definition) is 2. The zero-order chi connectivity index (χ0) is 11.5. The molecular formula is C12H26N2O. The molecule has 0 aliphatic carbocycles. The van der Waals surface area contributed by atoms with Gasteiger partial charge in [-0.25, -0.2) is 0 Å². The number of nitrogens with one attached hydrogen (secondary N) is 1. The molecule has 3 heteroatoms. The quantitative estimate of drug-likeness (QED) is 0.578. The molecule has 0 saturated heterocycles. The van der Waals surface area contributed by atoms with Crippen molar-refractivity contribution in [2.45, 2.75) is 64.8 Å². The summed E-state index contributed by atoms with van der Waals surface area (Å²) in [6.45, 7) is 4.77. The smallest absolute Gasteiger partial charge is 0.220 e. The summed E-state index contributed by atoms with van der Waals surface area (Å²) >= 11 is 0. The van der Waals surface area contributed by atoms with E-state index in [1.807, 2.05) is 6.92 Å². The number of unbranched alkanes of at least 4 members (excludes halogenated alkanes) is 4. The van der Waals surface area contributed by atoms with Crippen LogP contribution in [0.5, 0.6) is 0 Å². The number of carbonyl (C=O) groups excluding carboxylic acids is 1. The van der Waals surface area contributed by atoms with Gasteiger partial charge in [0.05, 0.1) is 0 Å². The summed E-state index contributed by atoms with van der Waals surface area (Å²) < 4.78 is 0. The molecule has 0 aromatic rings. The van der Waals surface area contributed by atoms with E-state index in [4.69, 9.17) is 5.73 Å². The summed E-state index contributed by atoms with van der Waals surface area (Å²) in [4.78, 5) is 11.4. The predicted molar refractivity (Wildman–Crippen MR) is 64.7 cm³/mol. The summed E-state index contributed by atoms with van der Waals surface area (Å²) in [7, 11) is 0. The number of hydrogen-bond donors (Lipinski definition) is 2. The molecule has 0 radical (unpaired) electrons. The highest BCUT2D eigenvalue weighted by Crippen LogP contribution is 2.04. The van der Waals surface area contributed by atoms with Crippen molar-refractivity contribution in [2.24, 2.45) is 5.73 Å².